The Kier molecular flexibility index (Phi) is 3.31. The molecule has 0 unspecified atom stereocenters. The Morgan fingerprint density at radius 2 is 2.08 bits per heavy atom. The molecule has 0 radical (unpaired) electrons. The fourth-order valence-corrected chi connectivity index (χ4v) is 1.01. The standard InChI is InChI=1S/C8H8N2O.C2H6/c1-9-6-2-3-7-8(4-6)11-5-10-7;1-2/h2-5,9H,1H3;1-2H3. The minimum Gasteiger partial charge on any atom is -0.443 e. The van der Waals surface area contributed by atoms with Gasteiger partial charge in [0.1, 0.15) is 5.52 Å². The van der Waals surface area contributed by atoms with Crippen molar-refractivity contribution in [2.75, 3.05) is 12.4 Å². The molecule has 1 N–H and O–H groups in total. The highest BCUT2D eigenvalue weighted by atomic mass is 16.3. The molecule has 0 atom stereocenters. The maximum Gasteiger partial charge on any atom is 0.181 e. The summed E-state index contributed by atoms with van der Waals surface area (Å²) in [7, 11) is 1.87. The van der Waals surface area contributed by atoms with Crippen molar-refractivity contribution in [2.24, 2.45) is 0 Å². The maximum absolute atomic E-state index is 5.11. The predicted molar refractivity (Wildman–Crippen MR) is 54.9 cm³/mol. The number of anilines is 1. The minimum atomic E-state index is 0.817. The lowest BCUT2D eigenvalue weighted by atomic mass is 10.3. The van der Waals surface area contributed by atoms with E-state index in [-0.39, 0.29) is 0 Å². The van der Waals surface area contributed by atoms with Gasteiger partial charge in [0.2, 0.25) is 0 Å². The number of oxazole rings is 1. The molecular weight excluding hydrogens is 164 g/mol. The average Bonchev–Trinajstić information content (AvgIpc) is 2.67. The Bertz CT molecular complexity index is 368. The molecule has 0 spiro atoms. The summed E-state index contributed by atoms with van der Waals surface area (Å²) in [6.07, 6.45) is 1.45. The van der Waals surface area contributed by atoms with Crippen molar-refractivity contribution in [3.05, 3.63) is 24.6 Å². The molecule has 13 heavy (non-hydrogen) atoms. The quantitative estimate of drug-likeness (QED) is 0.729. The van der Waals surface area contributed by atoms with Crippen molar-refractivity contribution in [1.29, 1.82) is 0 Å². The summed E-state index contributed by atoms with van der Waals surface area (Å²) in [5.74, 6) is 0. The second kappa shape index (κ2) is 4.50. The molecular formula is C10H14N2O. The third-order valence-electron chi connectivity index (χ3n) is 1.62. The van der Waals surface area contributed by atoms with E-state index in [1.165, 1.54) is 6.39 Å². The van der Waals surface area contributed by atoms with E-state index in [0.717, 1.165) is 16.8 Å². The summed E-state index contributed by atoms with van der Waals surface area (Å²) < 4.78 is 5.11. The zero-order valence-corrected chi connectivity index (χ0v) is 8.16. The molecule has 0 aliphatic heterocycles. The van der Waals surface area contributed by atoms with Gasteiger partial charge in [-0.1, -0.05) is 13.8 Å². The van der Waals surface area contributed by atoms with Gasteiger partial charge >= 0.3 is 0 Å². The SMILES string of the molecule is CC.CNc1ccc2ncoc2c1. The number of fused-ring (bicyclic) bond motifs is 1. The van der Waals surface area contributed by atoms with Crippen molar-refractivity contribution in [3.63, 3.8) is 0 Å². The summed E-state index contributed by atoms with van der Waals surface area (Å²) in [5, 5.41) is 3.02. The van der Waals surface area contributed by atoms with Crippen molar-refractivity contribution in [2.45, 2.75) is 13.8 Å². The van der Waals surface area contributed by atoms with Crippen LogP contribution in [0.5, 0.6) is 0 Å². The van der Waals surface area contributed by atoms with Crippen molar-refractivity contribution in [3.8, 4) is 0 Å². The van der Waals surface area contributed by atoms with Gasteiger partial charge in [-0.2, -0.15) is 0 Å². The predicted octanol–water partition coefficient (Wildman–Crippen LogP) is 2.90. The van der Waals surface area contributed by atoms with Crippen LogP contribution < -0.4 is 5.32 Å². The average molecular weight is 178 g/mol. The second-order valence-electron chi connectivity index (χ2n) is 2.28. The van der Waals surface area contributed by atoms with Gasteiger partial charge in [-0.05, 0) is 12.1 Å². The van der Waals surface area contributed by atoms with E-state index < -0.39 is 0 Å². The third-order valence-corrected chi connectivity index (χ3v) is 1.62. The molecule has 70 valence electrons. The highest BCUT2D eigenvalue weighted by Crippen LogP contribution is 2.16. The monoisotopic (exact) mass is 178 g/mol. The Hall–Kier alpha value is -1.51. The summed E-state index contributed by atoms with van der Waals surface area (Å²) in [4.78, 5) is 4.00. The van der Waals surface area contributed by atoms with Crippen LogP contribution in [-0.2, 0) is 0 Å². The molecule has 1 heterocycles. The van der Waals surface area contributed by atoms with Gasteiger partial charge in [-0.15, -0.1) is 0 Å². The van der Waals surface area contributed by atoms with Crippen LogP contribution in [0.15, 0.2) is 29.0 Å². The topological polar surface area (TPSA) is 38.1 Å². The van der Waals surface area contributed by atoms with Gasteiger partial charge in [0.25, 0.3) is 0 Å². The number of nitrogens with one attached hydrogen (secondary N) is 1. The van der Waals surface area contributed by atoms with Crippen LogP contribution in [0.1, 0.15) is 13.8 Å². The van der Waals surface area contributed by atoms with Crippen LogP contribution in [0.2, 0.25) is 0 Å². The number of hydrogen-bond acceptors (Lipinski definition) is 3. The molecule has 0 saturated heterocycles. The Morgan fingerprint density at radius 3 is 2.77 bits per heavy atom. The van der Waals surface area contributed by atoms with E-state index in [2.05, 4.69) is 10.3 Å². The van der Waals surface area contributed by atoms with Crippen molar-refractivity contribution in [1.82, 2.24) is 4.98 Å². The molecule has 0 fully saturated rings. The molecule has 0 amide bonds. The maximum atomic E-state index is 5.11. The lowest BCUT2D eigenvalue weighted by Crippen LogP contribution is -1.85. The molecule has 3 heteroatoms. The molecule has 1 aromatic carbocycles. The first kappa shape index (κ1) is 9.58. The van der Waals surface area contributed by atoms with E-state index in [1.54, 1.807) is 0 Å². The van der Waals surface area contributed by atoms with Crippen LogP contribution in [0.4, 0.5) is 5.69 Å². The number of benzene rings is 1. The minimum absolute atomic E-state index is 0.817. The van der Waals surface area contributed by atoms with Crippen LogP contribution in [-0.4, -0.2) is 12.0 Å². The molecule has 2 rings (SSSR count). The fourth-order valence-electron chi connectivity index (χ4n) is 1.01. The molecule has 0 bridgehead atoms. The zero-order valence-electron chi connectivity index (χ0n) is 8.16. The Labute approximate surface area is 77.8 Å². The van der Waals surface area contributed by atoms with E-state index >= 15 is 0 Å². The largest absolute Gasteiger partial charge is 0.443 e. The van der Waals surface area contributed by atoms with E-state index in [1.807, 2.05) is 39.1 Å². The van der Waals surface area contributed by atoms with Gasteiger partial charge < -0.3 is 9.73 Å². The first-order chi connectivity index (χ1) is 6.40. The molecule has 2 aromatic rings. The zero-order chi connectivity index (χ0) is 9.68. The molecule has 1 aromatic heterocycles. The summed E-state index contributed by atoms with van der Waals surface area (Å²) in [5.41, 5.74) is 2.75. The summed E-state index contributed by atoms with van der Waals surface area (Å²) in [6.45, 7) is 4.00. The van der Waals surface area contributed by atoms with Gasteiger partial charge in [-0.25, -0.2) is 4.98 Å². The van der Waals surface area contributed by atoms with Crippen LogP contribution >= 0.6 is 0 Å². The molecule has 0 aliphatic carbocycles. The van der Waals surface area contributed by atoms with Gasteiger partial charge in [0, 0.05) is 18.8 Å². The van der Waals surface area contributed by atoms with Crippen LogP contribution in [0.25, 0.3) is 11.1 Å². The van der Waals surface area contributed by atoms with E-state index in [9.17, 15) is 0 Å². The highest BCUT2D eigenvalue weighted by Gasteiger charge is 1.97. The van der Waals surface area contributed by atoms with Gasteiger partial charge in [0.05, 0.1) is 0 Å². The van der Waals surface area contributed by atoms with Crippen LogP contribution in [0.3, 0.4) is 0 Å². The normalized spacial score (nSPS) is 9.15. The number of hydrogen-bond donors (Lipinski definition) is 1. The lowest BCUT2D eigenvalue weighted by molar-refractivity contribution is 0.602. The molecule has 0 aliphatic rings. The first-order valence-electron chi connectivity index (χ1n) is 4.41. The lowest BCUT2D eigenvalue weighted by Gasteiger charge is -1.96. The highest BCUT2D eigenvalue weighted by molar-refractivity contribution is 5.76. The molecule has 3 nitrogen and oxygen atoms in total. The van der Waals surface area contributed by atoms with Gasteiger partial charge in [0.15, 0.2) is 12.0 Å². The summed E-state index contributed by atoms with van der Waals surface area (Å²) >= 11 is 0. The number of nitrogens with zero attached hydrogens (tertiary/aromatic N) is 1. The van der Waals surface area contributed by atoms with Gasteiger partial charge in [-0.3, -0.25) is 0 Å². The second-order valence-corrected chi connectivity index (χ2v) is 2.28. The number of aromatic nitrogens is 1. The van der Waals surface area contributed by atoms with E-state index in [0.29, 0.717) is 0 Å². The summed E-state index contributed by atoms with van der Waals surface area (Å²) in [6, 6.07) is 5.80. The van der Waals surface area contributed by atoms with Crippen molar-refractivity contribution < 1.29 is 4.42 Å². The Morgan fingerprint density at radius 1 is 1.31 bits per heavy atom. The fraction of sp³-hybridized carbons (Fsp3) is 0.300. The van der Waals surface area contributed by atoms with Crippen molar-refractivity contribution >= 4 is 16.8 Å². The first-order valence-corrected chi connectivity index (χ1v) is 4.41. The Balaban J connectivity index is 0.000000396. The third kappa shape index (κ3) is 1.99. The smallest absolute Gasteiger partial charge is 0.181 e. The van der Waals surface area contributed by atoms with E-state index in [4.69, 9.17) is 4.42 Å². The van der Waals surface area contributed by atoms with Crippen LogP contribution in [0, 0.1) is 0 Å². The molecule has 0 saturated carbocycles. The number of rotatable bonds is 1.